The highest BCUT2D eigenvalue weighted by Crippen LogP contribution is 2.11. The van der Waals surface area contributed by atoms with E-state index in [4.69, 9.17) is 0 Å². The Morgan fingerprint density at radius 1 is 1.50 bits per heavy atom. The molecule has 0 bridgehead atoms. The number of nitrogens with zero attached hydrogens (tertiary/aromatic N) is 2. The largest absolute Gasteiger partial charge is 0.383 e. The van der Waals surface area contributed by atoms with Gasteiger partial charge in [-0.1, -0.05) is 13.3 Å². The van der Waals surface area contributed by atoms with Crippen LogP contribution < -0.4 is 5.32 Å². The number of amides is 1. The third kappa shape index (κ3) is 4.35. The van der Waals surface area contributed by atoms with Crippen molar-refractivity contribution in [3.63, 3.8) is 0 Å². The first-order valence-corrected chi connectivity index (χ1v) is 6.52. The maximum atomic E-state index is 12.1. The molecule has 4 heteroatoms. The van der Waals surface area contributed by atoms with Crippen molar-refractivity contribution in [3.05, 3.63) is 24.0 Å². The molecule has 1 aromatic rings. The Morgan fingerprint density at radius 2 is 2.22 bits per heavy atom. The van der Waals surface area contributed by atoms with Crippen molar-refractivity contribution in [1.82, 2.24) is 9.88 Å². The fourth-order valence-electron chi connectivity index (χ4n) is 1.66. The topological polar surface area (TPSA) is 45.2 Å². The van der Waals surface area contributed by atoms with Gasteiger partial charge < -0.3 is 10.2 Å². The molecular formula is C14H23N3O. The van der Waals surface area contributed by atoms with Crippen LogP contribution in [0.1, 0.15) is 44.1 Å². The first kappa shape index (κ1) is 14.5. The molecule has 1 N–H and O–H groups in total. The first-order chi connectivity index (χ1) is 8.54. The zero-order valence-corrected chi connectivity index (χ0v) is 11.7. The lowest BCUT2D eigenvalue weighted by molar-refractivity contribution is 0.0787. The molecule has 0 saturated carbocycles. The van der Waals surface area contributed by atoms with Crippen molar-refractivity contribution in [2.24, 2.45) is 0 Å². The van der Waals surface area contributed by atoms with E-state index in [-0.39, 0.29) is 5.91 Å². The van der Waals surface area contributed by atoms with Crippen molar-refractivity contribution >= 4 is 11.6 Å². The van der Waals surface area contributed by atoms with Crippen LogP contribution in [0.15, 0.2) is 18.3 Å². The molecule has 4 nitrogen and oxygen atoms in total. The molecule has 0 aliphatic rings. The van der Waals surface area contributed by atoms with E-state index in [1.54, 1.807) is 11.1 Å². The van der Waals surface area contributed by atoms with Crippen LogP contribution >= 0.6 is 0 Å². The molecular weight excluding hydrogens is 226 g/mol. The van der Waals surface area contributed by atoms with E-state index < -0.39 is 0 Å². The van der Waals surface area contributed by atoms with Crippen molar-refractivity contribution in [1.29, 1.82) is 0 Å². The lowest BCUT2D eigenvalue weighted by Crippen LogP contribution is -2.28. The number of hydrogen-bond acceptors (Lipinski definition) is 3. The summed E-state index contributed by atoms with van der Waals surface area (Å²) in [5, 5.41) is 3.27. The summed E-state index contributed by atoms with van der Waals surface area (Å²) in [5.74, 6) is -0.0177. The number of aromatic nitrogens is 1. The number of anilines is 1. The lowest BCUT2D eigenvalue weighted by Gasteiger charge is -2.17. The summed E-state index contributed by atoms with van der Waals surface area (Å²) in [5.41, 5.74) is 1.44. The van der Waals surface area contributed by atoms with Crippen LogP contribution in [-0.4, -0.2) is 35.4 Å². The van der Waals surface area contributed by atoms with E-state index in [2.05, 4.69) is 31.1 Å². The molecule has 0 atom stereocenters. The molecule has 0 fully saturated rings. The summed E-state index contributed by atoms with van der Waals surface area (Å²) in [6.07, 6.45) is 3.78. The molecule has 1 aromatic heterocycles. The van der Waals surface area contributed by atoms with Crippen LogP contribution in [-0.2, 0) is 0 Å². The fourth-order valence-corrected chi connectivity index (χ4v) is 1.66. The van der Waals surface area contributed by atoms with Crippen LogP contribution in [0.25, 0.3) is 0 Å². The fraction of sp³-hybridized carbons (Fsp3) is 0.571. The van der Waals surface area contributed by atoms with Gasteiger partial charge in [-0.15, -0.1) is 0 Å². The Morgan fingerprint density at radius 3 is 2.83 bits per heavy atom. The Labute approximate surface area is 109 Å². The number of unbranched alkanes of at least 4 members (excludes halogenated alkanes) is 1. The van der Waals surface area contributed by atoms with Crippen molar-refractivity contribution < 1.29 is 4.79 Å². The lowest BCUT2D eigenvalue weighted by atomic mass is 10.2. The third-order valence-electron chi connectivity index (χ3n) is 2.63. The number of nitrogens with one attached hydrogen (secondary N) is 1. The van der Waals surface area contributed by atoms with Gasteiger partial charge in [0.25, 0.3) is 5.91 Å². The van der Waals surface area contributed by atoms with E-state index >= 15 is 0 Å². The quantitative estimate of drug-likeness (QED) is 0.843. The molecule has 0 spiro atoms. The number of hydrogen-bond donors (Lipinski definition) is 1. The number of carbonyl (C=O) groups excluding carboxylic acids is 1. The number of rotatable bonds is 6. The molecule has 100 valence electrons. The molecule has 18 heavy (non-hydrogen) atoms. The Balaban J connectivity index is 2.73. The van der Waals surface area contributed by atoms with E-state index in [0.717, 1.165) is 25.1 Å². The minimum absolute atomic E-state index is 0.0177. The van der Waals surface area contributed by atoms with Crippen LogP contribution in [0.2, 0.25) is 0 Å². The second-order valence-corrected chi connectivity index (χ2v) is 4.81. The SMILES string of the molecule is CCCCN(C)C(=O)c1cc(NC(C)C)ccn1. The molecule has 0 unspecified atom stereocenters. The van der Waals surface area contributed by atoms with E-state index in [9.17, 15) is 4.79 Å². The van der Waals surface area contributed by atoms with Gasteiger partial charge in [0.2, 0.25) is 0 Å². The van der Waals surface area contributed by atoms with Gasteiger partial charge in [-0.2, -0.15) is 0 Å². The highest BCUT2D eigenvalue weighted by atomic mass is 16.2. The predicted octanol–water partition coefficient (Wildman–Crippen LogP) is 2.77. The molecule has 0 radical (unpaired) electrons. The van der Waals surface area contributed by atoms with Gasteiger partial charge in [0.15, 0.2) is 0 Å². The Kier molecular flexibility index (Phi) is 5.62. The third-order valence-corrected chi connectivity index (χ3v) is 2.63. The summed E-state index contributed by atoms with van der Waals surface area (Å²) in [7, 11) is 1.82. The van der Waals surface area contributed by atoms with Gasteiger partial charge in [0.05, 0.1) is 0 Å². The van der Waals surface area contributed by atoms with Gasteiger partial charge in [-0.3, -0.25) is 9.78 Å². The summed E-state index contributed by atoms with van der Waals surface area (Å²) < 4.78 is 0. The first-order valence-electron chi connectivity index (χ1n) is 6.52. The number of pyridine rings is 1. The van der Waals surface area contributed by atoms with Crippen LogP contribution in [0, 0.1) is 0 Å². The highest BCUT2D eigenvalue weighted by Gasteiger charge is 2.13. The Bertz CT molecular complexity index is 390. The second-order valence-electron chi connectivity index (χ2n) is 4.81. The van der Waals surface area contributed by atoms with Crippen LogP contribution in [0.5, 0.6) is 0 Å². The monoisotopic (exact) mass is 249 g/mol. The molecule has 1 amide bonds. The van der Waals surface area contributed by atoms with Gasteiger partial charge >= 0.3 is 0 Å². The van der Waals surface area contributed by atoms with Crippen LogP contribution in [0.3, 0.4) is 0 Å². The summed E-state index contributed by atoms with van der Waals surface area (Å²) in [6, 6.07) is 4.03. The van der Waals surface area contributed by atoms with Crippen molar-refractivity contribution in [3.8, 4) is 0 Å². The Hall–Kier alpha value is -1.58. The minimum Gasteiger partial charge on any atom is -0.383 e. The van der Waals surface area contributed by atoms with E-state index in [1.165, 1.54) is 0 Å². The normalized spacial score (nSPS) is 10.5. The summed E-state index contributed by atoms with van der Waals surface area (Å²) in [6.45, 7) is 7.02. The molecule has 0 aromatic carbocycles. The van der Waals surface area contributed by atoms with Gasteiger partial charge in [0, 0.05) is 31.5 Å². The molecule has 0 aliphatic heterocycles. The zero-order chi connectivity index (χ0) is 13.5. The minimum atomic E-state index is -0.0177. The van der Waals surface area contributed by atoms with Gasteiger partial charge in [-0.05, 0) is 32.4 Å². The molecule has 0 saturated heterocycles. The zero-order valence-electron chi connectivity index (χ0n) is 11.7. The number of carbonyl (C=O) groups is 1. The van der Waals surface area contributed by atoms with Gasteiger partial charge in [-0.25, -0.2) is 0 Å². The molecule has 0 aliphatic carbocycles. The maximum absolute atomic E-state index is 12.1. The molecule has 1 rings (SSSR count). The second kappa shape index (κ2) is 6.99. The summed E-state index contributed by atoms with van der Waals surface area (Å²) in [4.78, 5) is 18.0. The van der Waals surface area contributed by atoms with Crippen molar-refractivity contribution in [2.45, 2.75) is 39.7 Å². The van der Waals surface area contributed by atoms with E-state index in [1.807, 2.05) is 19.2 Å². The van der Waals surface area contributed by atoms with Crippen LogP contribution in [0.4, 0.5) is 5.69 Å². The molecule has 1 heterocycles. The predicted molar refractivity (Wildman–Crippen MR) is 74.9 cm³/mol. The maximum Gasteiger partial charge on any atom is 0.272 e. The van der Waals surface area contributed by atoms with E-state index in [0.29, 0.717) is 11.7 Å². The smallest absolute Gasteiger partial charge is 0.272 e. The average Bonchev–Trinajstić information content (AvgIpc) is 2.34. The highest BCUT2D eigenvalue weighted by molar-refractivity contribution is 5.92. The van der Waals surface area contributed by atoms with Crippen molar-refractivity contribution in [2.75, 3.05) is 18.9 Å². The van der Waals surface area contributed by atoms with Gasteiger partial charge in [0.1, 0.15) is 5.69 Å². The average molecular weight is 249 g/mol. The standard InChI is InChI=1S/C14H23N3O/c1-5-6-9-17(4)14(18)13-10-12(7-8-15-13)16-11(2)3/h7-8,10-11H,5-6,9H2,1-4H3,(H,15,16). The summed E-state index contributed by atoms with van der Waals surface area (Å²) >= 11 is 0.